The van der Waals surface area contributed by atoms with E-state index in [2.05, 4.69) is 31.2 Å². The fourth-order valence-electron chi connectivity index (χ4n) is 2.56. The molecule has 0 radical (unpaired) electrons. The Kier molecular flexibility index (Phi) is 4.74. The highest BCUT2D eigenvalue weighted by Crippen LogP contribution is 2.25. The Morgan fingerprint density at radius 3 is 2.71 bits per heavy atom. The lowest BCUT2D eigenvalue weighted by molar-refractivity contribution is 0.102. The van der Waals surface area contributed by atoms with Crippen LogP contribution in [0.15, 0.2) is 70.3 Å². The molecule has 0 saturated carbocycles. The number of aromatic nitrogens is 3. The van der Waals surface area contributed by atoms with Gasteiger partial charge < -0.3 is 14.3 Å². The quantitative estimate of drug-likeness (QED) is 0.489. The normalized spacial score (nSPS) is 10.8. The molecule has 0 aliphatic rings. The van der Waals surface area contributed by atoms with Crippen molar-refractivity contribution in [1.29, 1.82) is 0 Å². The average Bonchev–Trinajstić information content (AvgIpc) is 3.34. The second kappa shape index (κ2) is 7.35. The van der Waals surface area contributed by atoms with Crippen LogP contribution in [0.25, 0.3) is 17.1 Å². The SMILES string of the molecule is O=C(Nc1ccc(-n2ccnc2)c(F)c1)c1coc(-c2ccc(Br)cc2F)n1. The topological polar surface area (TPSA) is 73.0 Å². The highest BCUT2D eigenvalue weighted by atomic mass is 79.9. The van der Waals surface area contributed by atoms with Crippen LogP contribution in [0, 0.1) is 11.6 Å². The summed E-state index contributed by atoms with van der Waals surface area (Å²) in [6, 6.07) is 8.63. The number of anilines is 1. The predicted octanol–water partition coefficient (Wildman–Crippen LogP) is 4.82. The third-order valence-electron chi connectivity index (χ3n) is 3.89. The minimum Gasteiger partial charge on any atom is -0.444 e. The molecule has 2 aromatic heterocycles. The Bertz CT molecular complexity index is 1160. The number of carbonyl (C=O) groups is 1. The van der Waals surface area contributed by atoms with Crippen LogP contribution >= 0.6 is 15.9 Å². The summed E-state index contributed by atoms with van der Waals surface area (Å²) in [5, 5.41) is 2.53. The zero-order chi connectivity index (χ0) is 19.7. The van der Waals surface area contributed by atoms with Gasteiger partial charge in [0.25, 0.3) is 5.91 Å². The summed E-state index contributed by atoms with van der Waals surface area (Å²) in [7, 11) is 0. The van der Waals surface area contributed by atoms with Crippen molar-refractivity contribution >= 4 is 27.5 Å². The van der Waals surface area contributed by atoms with E-state index in [0.29, 0.717) is 10.2 Å². The second-order valence-corrected chi connectivity index (χ2v) is 6.67. The van der Waals surface area contributed by atoms with Crippen LogP contribution in [0.4, 0.5) is 14.5 Å². The van der Waals surface area contributed by atoms with Gasteiger partial charge in [-0.05, 0) is 36.4 Å². The molecule has 140 valence electrons. The first kappa shape index (κ1) is 18.1. The minimum atomic E-state index is -0.609. The first-order valence-corrected chi connectivity index (χ1v) is 8.81. The van der Waals surface area contributed by atoms with Gasteiger partial charge in [-0.2, -0.15) is 0 Å². The first-order chi connectivity index (χ1) is 13.5. The molecule has 6 nitrogen and oxygen atoms in total. The third-order valence-corrected chi connectivity index (χ3v) is 4.38. The maximum Gasteiger partial charge on any atom is 0.277 e. The van der Waals surface area contributed by atoms with E-state index in [1.807, 2.05) is 0 Å². The van der Waals surface area contributed by atoms with Gasteiger partial charge in [0.15, 0.2) is 5.69 Å². The zero-order valence-electron chi connectivity index (χ0n) is 14.1. The summed E-state index contributed by atoms with van der Waals surface area (Å²) < 4.78 is 35.6. The van der Waals surface area contributed by atoms with Crippen LogP contribution in [0.5, 0.6) is 0 Å². The Balaban J connectivity index is 1.53. The second-order valence-electron chi connectivity index (χ2n) is 5.75. The minimum absolute atomic E-state index is 0.0308. The van der Waals surface area contributed by atoms with Gasteiger partial charge in [0.1, 0.15) is 17.9 Å². The number of halogens is 3. The van der Waals surface area contributed by atoms with Crippen LogP contribution in [-0.2, 0) is 0 Å². The summed E-state index contributed by atoms with van der Waals surface area (Å²) in [4.78, 5) is 20.2. The van der Waals surface area contributed by atoms with Gasteiger partial charge in [0.05, 0.1) is 17.6 Å². The lowest BCUT2D eigenvalue weighted by Gasteiger charge is -2.07. The van der Waals surface area contributed by atoms with Crippen LogP contribution in [0.3, 0.4) is 0 Å². The summed E-state index contributed by atoms with van der Waals surface area (Å²) in [6.45, 7) is 0. The van der Waals surface area contributed by atoms with E-state index in [0.717, 1.165) is 6.26 Å². The molecule has 0 saturated heterocycles. The van der Waals surface area contributed by atoms with Gasteiger partial charge in [-0.25, -0.2) is 18.7 Å². The molecule has 0 fully saturated rings. The molecule has 0 bridgehead atoms. The van der Waals surface area contributed by atoms with Gasteiger partial charge in [-0.15, -0.1) is 0 Å². The highest BCUT2D eigenvalue weighted by Gasteiger charge is 2.17. The van der Waals surface area contributed by atoms with Crippen molar-refractivity contribution in [2.75, 3.05) is 5.32 Å². The van der Waals surface area contributed by atoms with Crippen LogP contribution in [0.2, 0.25) is 0 Å². The van der Waals surface area contributed by atoms with Gasteiger partial charge in [-0.3, -0.25) is 4.79 Å². The van der Waals surface area contributed by atoms with Gasteiger partial charge >= 0.3 is 0 Å². The molecule has 2 heterocycles. The van der Waals surface area contributed by atoms with Gasteiger partial charge in [-0.1, -0.05) is 15.9 Å². The average molecular weight is 445 g/mol. The number of hydrogen-bond acceptors (Lipinski definition) is 4. The smallest absolute Gasteiger partial charge is 0.277 e. The standard InChI is InChI=1S/C19H11BrF2N4O2/c20-11-1-3-13(14(21)7-11)19-25-16(9-28-19)18(27)24-12-2-4-17(15(22)8-12)26-6-5-23-10-26/h1-10H,(H,24,27). The number of amides is 1. The number of benzene rings is 2. The summed E-state index contributed by atoms with van der Waals surface area (Å²) in [5.74, 6) is -1.71. The van der Waals surface area contributed by atoms with Crippen molar-refractivity contribution < 1.29 is 18.0 Å². The van der Waals surface area contributed by atoms with Crippen molar-refractivity contribution in [3.8, 4) is 17.1 Å². The molecular weight excluding hydrogens is 434 g/mol. The van der Waals surface area contributed by atoms with Crippen LogP contribution < -0.4 is 5.32 Å². The number of rotatable bonds is 4. The largest absolute Gasteiger partial charge is 0.444 e. The molecule has 4 aromatic rings. The maximum absolute atomic E-state index is 14.3. The van der Waals surface area contributed by atoms with E-state index in [1.165, 1.54) is 41.4 Å². The van der Waals surface area contributed by atoms with Gasteiger partial charge in [0, 0.05) is 22.6 Å². The van der Waals surface area contributed by atoms with E-state index < -0.39 is 17.5 Å². The molecule has 0 unspecified atom stereocenters. The summed E-state index contributed by atoms with van der Waals surface area (Å²) >= 11 is 3.17. The van der Waals surface area contributed by atoms with Crippen molar-refractivity contribution in [2.24, 2.45) is 0 Å². The van der Waals surface area contributed by atoms with E-state index in [9.17, 15) is 13.6 Å². The predicted molar refractivity (Wildman–Crippen MR) is 101 cm³/mol. The Labute approximate surface area is 166 Å². The van der Waals surface area contributed by atoms with E-state index in [4.69, 9.17) is 4.42 Å². The molecule has 0 aliphatic heterocycles. The first-order valence-electron chi connectivity index (χ1n) is 8.01. The van der Waals surface area contributed by atoms with E-state index >= 15 is 0 Å². The highest BCUT2D eigenvalue weighted by molar-refractivity contribution is 9.10. The van der Waals surface area contributed by atoms with Crippen molar-refractivity contribution in [3.05, 3.63) is 83.2 Å². The molecule has 2 aromatic carbocycles. The maximum atomic E-state index is 14.3. The van der Waals surface area contributed by atoms with Crippen molar-refractivity contribution in [3.63, 3.8) is 0 Å². The zero-order valence-corrected chi connectivity index (χ0v) is 15.7. The monoisotopic (exact) mass is 444 g/mol. The Morgan fingerprint density at radius 1 is 1.14 bits per heavy atom. The lowest BCUT2D eigenvalue weighted by Crippen LogP contribution is -2.12. The van der Waals surface area contributed by atoms with Gasteiger partial charge in [0.2, 0.25) is 5.89 Å². The fraction of sp³-hybridized carbons (Fsp3) is 0. The molecule has 1 N–H and O–H groups in total. The van der Waals surface area contributed by atoms with Crippen molar-refractivity contribution in [1.82, 2.24) is 14.5 Å². The number of nitrogens with zero attached hydrogens (tertiary/aromatic N) is 3. The number of nitrogens with one attached hydrogen (secondary N) is 1. The molecule has 0 aliphatic carbocycles. The number of oxazole rings is 1. The molecule has 0 spiro atoms. The number of hydrogen-bond donors (Lipinski definition) is 1. The molecule has 0 atom stereocenters. The Morgan fingerprint density at radius 2 is 2.00 bits per heavy atom. The summed E-state index contributed by atoms with van der Waals surface area (Å²) in [5.41, 5.74) is 0.602. The molecular formula is C19H11BrF2N4O2. The Hall–Kier alpha value is -3.33. The van der Waals surface area contributed by atoms with E-state index in [1.54, 1.807) is 18.3 Å². The molecule has 1 amide bonds. The molecule has 4 rings (SSSR count). The third kappa shape index (κ3) is 3.56. The van der Waals surface area contributed by atoms with E-state index in [-0.39, 0.29) is 22.8 Å². The van der Waals surface area contributed by atoms with Crippen LogP contribution in [0.1, 0.15) is 10.5 Å². The van der Waals surface area contributed by atoms with Crippen molar-refractivity contribution in [2.45, 2.75) is 0 Å². The van der Waals surface area contributed by atoms with Crippen LogP contribution in [-0.4, -0.2) is 20.4 Å². The number of imidazole rings is 1. The lowest BCUT2D eigenvalue weighted by atomic mass is 10.2. The summed E-state index contributed by atoms with van der Waals surface area (Å²) in [6.07, 6.45) is 5.72. The fourth-order valence-corrected chi connectivity index (χ4v) is 2.89. The number of carbonyl (C=O) groups excluding carboxylic acids is 1. The molecule has 28 heavy (non-hydrogen) atoms. The molecule has 9 heteroatoms.